The van der Waals surface area contributed by atoms with Crippen molar-refractivity contribution in [2.24, 2.45) is 5.92 Å². The number of hydrogen-bond donors (Lipinski definition) is 2. The van der Waals surface area contributed by atoms with Gasteiger partial charge in [0, 0.05) is 5.92 Å². The van der Waals surface area contributed by atoms with Crippen molar-refractivity contribution in [3.05, 3.63) is 12.7 Å². The third-order valence-electron chi connectivity index (χ3n) is 2.45. The average Bonchev–Trinajstić information content (AvgIpc) is 2.65. The Morgan fingerprint density at radius 2 is 1.88 bits per heavy atom. The molecule has 0 aromatic heterocycles. The van der Waals surface area contributed by atoms with Gasteiger partial charge in [-0.1, -0.05) is 20.4 Å². The second-order valence-electron chi connectivity index (χ2n) is 4.13. The topological polar surface area (TPSA) is 67.4 Å². The second kappa shape index (κ2) is 5.65. The van der Waals surface area contributed by atoms with Gasteiger partial charge in [-0.15, -0.1) is 0 Å². The van der Waals surface area contributed by atoms with E-state index in [1.165, 1.54) is 6.08 Å². The molecule has 0 bridgehead atoms. The molecule has 0 radical (unpaired) electrons. The van der Waals surface area contributed by atoms with E-state index in [9.17, 15) is 9.59 Å². The van der Waals surface area contributed by atoms with E-state index in [0.29, 0.717) is 13.2 Å². The lowest BCUT2D eigenvalue weighted by molar-refractivity contribution is -0.125. The van der Waals surface area contributed by atoms with Crippen LogP contribution in [0, 0.1) is 5.92 Å². The van der Waals surface area contributed by atoms with Crippen LogP contribution in [0.4, 0.5) is 0 Å². The van der Waals surface area contributed by atoms with Gasteiger partial charge in [-0.3, -0.25) is 9.59 Å². The van der Waals surface area contributed by atoms with E-state index in [0.717, 1.165) is 0 Å². The van der Waals surface area contributed by atoms with Crippen LogP contribution in [-0.2, 0) is 14.3 Å². The predicted molar refractivity (Wildman–Crippen MR) is 59.7 cm³/mol. The number of hydrogen-bond acceptors (Lipinski definition) is 3. The van der Waals surface area contributed by atoms with Crippen LogP contribution in [0.3, 0.4) is 0 Å². The minimum Gasteiger partial charge on any atom is -0.377 e. The number of ether oxygens (including phenoxy) is 1. The molecule has 5 nitrogen and oxygen atoms in total. The molecule has 1 saturated heterocycles. The lowest BCUT2D eigenvalue weighted by Gasteiger charge is -2.20. The van der Waals surface area contributed by atoms with Crippen molar-refractivity contribution < 1.29 is 14.3 Å². The summed E-state index contributed by atoms with van der Waals surface area (Å²) < 4.78 is 5.23. The highest BCUT2D eigenvalue weighted by atomic mass is 16.5. The zero-order chi connectivity index (χ0) is 12.1. The monoisotopic (exact) mass is 226 g/mol. The summed E-state index contributed by atoms with van der Waals surface area (Å²) in [5.41, 5.74) is 0. The summed E-state index contributed by atoms with van der Waals surface area (Å²) in [6.07, 6.45) is 1.21. The fraction of sp³-hybridized carbons (Fsp3) is 0.636. The van der Waals surface area contributed by atoms with Crippen molar-refractivity contribution in [3.63, 3.8) is 0 Å². The fourth-order valence-corrected chi connectivity index (χ4v) is 1.43. The molecule has 0 aromatic carbocycles. The molecule has 0 aliphatic carbocycles. The summed E-state index contributed by atoms with van der Waals surface area (Å²) >= 11 is 0. The van der Waals surface area contributed by atoms with Gasteiger partial charge in [0.15, 0.2) is 0 Å². The normalized spacial score (nSPS) is 24.2. The maximum atomic E-state index is 11.5. The number of carbonyl (C=O) groups is 2. The van der Waals surface area contributed by atoms with Crippen LogP contribution in [0.25, 0.3) is 0 Å². The van der Waals surface area contributed by atoms with Crippen molar-refractivity contribution in [3.8, 4) is 0 Å². The zero-order valence-corrected chi connectivity index (χ0v) is 9.66. The molecular weight excluding hydrogens is 208 g/mol. The molecule has 2 atom stereocenters. The average molecular weight is 226 g/mol. The highest BCUT2D eigenvalue weighted by Crippen LogP contribution is 2.07. The molecule has 0 saturated carbocycles. The molecule has 0 aromatic rings. The standard InChI is InChI=1S/C11H18N2O3/c1-4-10(14)12-8-5-16-6-9(8)13-11(15)7(2)3/h4,7-9H,1,5-6H2,2-3H3,(H,12,14)(H,13,15). The summed E-state index contributed by atoms with van der Waals surface area (Å²) in [5, 5.41) is 5.57. The molecule has 0 spiro atoms. The molecule has 1 heterocycles. The minimum absolute atomic E-state index is 0.0339. The Hall–Kier alpha value is -1.36. The number of rotatable bonds is 4. The third kappa shape index (κ3) is 3.34. The predicted octanol–water partition coefficient (Wildman–Crippen LogP) is -0.172. The molecule has 1 fully saturated rings. The smallest absolute Gasteiger partial charge is 0.243 e. The van der Waals surface area contributed by atoms with Gasteiger partial charge < -0.3 is 15.4 Å². The molecule has 5 heteroatoms. The van der Waals surface area contributed by atoms with E-state index in [4.69, 9.17) is 4.74 Å². The molecular formula is C11H18N2O3. The van der Waals surface area contributed by atoms with Crippen LogP contribution in [0.2, 0.25) is 0 Å². The van der Waals surface area contributed by atoms with Gasteiger partial charge in [-0.2, -0.15) is 0 Å². The van der Waals surface area contributed by atoms with Gasteiger partial charge in [-0.25, -0.2) is 0 Å². The van der Waals surface area contributed by atoms with Crippen molar-refractivity contribution in [1.29, 1.82) is 0 Å². The maximum Gasteiger partial charge on any atom is 0.243 e. The molecule has 2 unspecified atom stereocenters. The Balaban J connectivity index is 2.49. The van der Waals surface area contributed by atoms with Crippen molar-refractivity contribution in [2.75, 3.05) is 13.2 Å². The number of amides is 2. The molecule has 2 N–H and O–H groups in total. The quantitative estimate of drug-likeness (QED) is 0.654. The fourth-order valence-electron chi connectivity index (χ4n) is 1.43. The van der Waals surface area contributed by atoms with E-state index in [2.05, 4.69) is 17.2 Å². The first kappa shape index (κ1) is 12.7. The minimum atomic E-state index is -0.251. The first-order valence-corrected chi connectivity index (χ1v) is 5.35. The van der Waals surface area contributed by atoms with Crippen LogP contribution in [0.15, 0.2) is 12.7 Å². The molecule has 1 rings (SSSR count). The van der Waals surface area contributed by atoms with Crippen molar-refractivity contribution in [2.45, 2.75) is 25.9 Å². The Bertz CT molecular complexity index is 289. The summed E-state index contributed by atoms with van der Waals surface area (Å²) in [6, 6.07) is -0.327. The van der Waals surface area contributed by atoms with E-state index in [1.54, 1.807) is 0 Å². The Kier molecular flexibility index (Phi) is 4.49. The van der Waals surface area contributed by atoms with Crippen molar-refractivity contribution in [1.82, 2.24) is 10.6 Å². The Morgan fingerprint density at radius 3 is 2.38 bits per heavy atom. The number of nitrogens with one attached hydrogen (secondary N) is 2. The van der Waals surface area contributed by atoms with Crippen LogP contribution in [-0.4, -0.2) is 37.1 Å². The first-order valence-electron chi connectivity index (χ1n) is 5.35. The summed E-state index contributed by atoms with van der Waals surface area (Å²) in [4.78, 5) is 22.6. The summed E-state index contributed by atoms with van der Waals surface area (Å²) in [6.45, 7) is 7.87. The van der Waals surface area contributed by atoms with E-state index < -0.39 is 0 Å². The molecule has 2 amide bonds. The van der Waals surface area contributed by atoms with Crippen LogP contribution < -0.4 is 10.6 Å². The summed E-state index contributed by atoms with van der Waals surface area (Å²) in [5.74, 6) is -0.357. The lowest BCUT2D eigenvalue weighted by Crippen LogP contribution is -2.51. The van der Waals surface area contributed by atoms with Gasteiger partial charge in [0.2, 0.25) is 11.8 Å². The van der Waals surface area contributed by atoms with E-state index in [1.807, 2.05) is 13.8 Å². The lowest BCUT2D eigenvalue weighted by atomic mass is 10.1. The van der Waals surface area contributed by atoms with Gasteiger partial charge in [-0.05, 0) is 6.08 Å². The Labute approximate surface area is 95.2 Å². The van der Waals surface area contributed by atoms with E-state index in [-0.39, 0.29) is 29.8 Å². The second-order valence-corrected chi connectivity index (χ2v) is 4.13. The summed E-state index contributed by atoms with van der Waals surface area (Å²) in [7, 11) is 0. The van der Waals surface area contributed by atoms with E-state index >= 15 is 0 Å². The van der Waals surface area contributed by atoms with Gasteiger partial charge >= 0.3 is 0 Å². The Morgan fingerprint density at radius 1 is 1.31 bits per heavy atom. The largest absolute Gasteiger partial charge is 0.377 e. The third-order valence-corrected chi connectivity index (χ3v) is 2.45. The highest BCUT2D eigenvalue weighted by molar-refractivity contribution is 5.87. The van der Waals surface area contributed by atoms with Gasteiger partial charge in [0.05, 0.1) is 25.3 Å². The van der Waals surface area contributed by atoms with Crippen molar-refractivity contribution >= 4 is 11.8 Å². The molecule has 1 aliphatic heterocycles. The van der Waals surface area contributed by atoms with Gasteiger partial charge in [0.1, 0.15) is 0 Å². The zero-order valence-electron chi connectivity index (χ0n) is 9.66. The molecule has 16 heavy (non-hydrogen) atoms. The SMILES string of the molecule is C=CC(=O)NC1COCC1NC(=O)C(C)C. The van der Waals surface area contributed by atoms with Crippen LogP contribution >= 0.6 is 0 Å². The number of carbonyl (C=O) groups excluding carboxylic acids is 2. The van der Waals surface area contributed by atoms with Crippen LogP contribution in [0.5, 0.6) is 0 Å². The molecule has 90 valence electrons. The van der Waals surface area contributed by atoms with Gasteiger partial charge in [0.25, 0.3) is 0 Å². The maximum absolute atomic E-state index is 11.5. The molecule has 1 aliphatic rings. The first-order chi connectivity index (χ1) is 7.54. The van der Waals surface area contributed by atoms with Crippen LogP contribution in [0.1, 0.15) is 13.8 Å². The highest BCUT2D eigenvalue weighted by Gasteiger charge is 2.30.